The van der Waals surface area contributed by atoms with Gasteiger partial charge in [0.1, 0.15) is 5.82 Å². The number of nitrogens with zero attached hydrogens (tertiary/aromatic N) is 3. The van der Waals surface area contributed by atoms with Gasteiger partial charge in [-0.2, -0.15) is 13.2 Å². The molecule has 1 aromatic heterocycles. The van der Waals surface area contributed by atoms with Crippen molar-refractivity contribution in [2.24, 2.45) is 0 Å². The maximum absolute atomic E-state index is 12.7. The van der Waals surface area contributed by atoms with Crippen LogP contribution in [0.4, 0.5) is 23.8 Å². The zero-order chi connectivity index (χ0) is 20.9. The molecular weight excluding hydrogens is 381 g/mol. The fourth-order valence-electron chi connectivity index (χ4n) is 3.28. The van der Waals surface area contributed by atoms with E-state index in [0.29, 0.717) is 32.0 Å². The Morgan fingerprint density at radius 1 is 1.10 bits per heavy atom. The number of hydrogen-bond acceptors (Lipinski definition) is 3. The van der Waals surface area contributed by atoms with Gasteiger partial charge in [-0.25, -0.2) is 9.78 Å². The molecule has 1 saturated heterocycles. The first-order chi connectivity index (χ1) is 13.8. The Bertz CT molecular complexity index is 788. The van der Waals surface area contributed by atoms with Gasteiger partial charge in [0.2, 0.25) is 0 Å². The van der Waals surface area contributed by atoms with E-state index in [1.807, 2.05) is 30.0 Å². The molecule has 2 amide bonds. The van der Waals surface area contributed by atoms with Crippen LogP contribution in [-0.2, 0) is 12.6 Å². The third-order valence-electron chi connectivity index (χ3n) is 5.04. The summed E-state index contributed by atoms with van der Waals surface area (Å²) >= 11 is 0. The van der Waals surface area contributed by atoms with Gasteiger partial charge in [-0.3, -0.25) is 0 Å². The van der Waals surface area contributed by atoms with Crippen LogP contribution in [0.2, 0.25) is 0 Å². The van der Waals surface area contributed by atoms with Crippen LogP contribution in [0.15, 0.2) is 48.7 Å². The first-order valence-electron chi connectivity index (χ1n) is 9.70. The lowest BCUT2D eigenvalue weighted by atomic mass is 10.1. The predicted octanol–water partition coefficient (Wildman–Crippen LogP) is 3.95. The molecule has 0 radical (unpaired) electrons. The monoisotopic (exact) mass is 406 g/mol. The van der Waals surface area contributed by atoms with Crippen LogP contribution < -0.4 is 10.2 Å². The van der Waals surface area contributed by atoms with Crippen LogP contribution in [0.5, 0.6) is 0 Å². The fourth-order valence-corrected chi connectivity index (χ4v) is 3.28. The Balaban J connectivity index is 1.44. The van der Waals surface area contributed by atoms with Crippen molar-refractivity contribution >= 4 is 11.8 Å². The topological polar surface area (TPSA) is 48.5 Å². The highest BCUT2D eigenvalue weighted by molar-refractivity contribution is 5.74. The number of alkyl halides is 3. The fraction of sp³-hybridized carbons (Fsp3) is 0.429. The van der Waals surface area contributed by atoms with Gasteiger partial charge in [0.15, 0.2) is 0 Å². The van der Waals surface area contributed by atoms with E-state index in [1.165, 1.54) is 11.6 Å². The van der Waals surface area contributed by atoms with Crippen molar-refractivity contribution in [1.29, 1.82) is 0 Å². The molecule has 2 aromatic rings. The highest BCUT2D eigenvalue weighted by atomic mass is 19.4. The number of nitrogens with one attached hydrogen (secondary N) is 1. The molecule has 1 aliphatic heterocycles. The van der Waals surface area contributed by atoms with Crippen LogP contribution in [0, 0.1) is 0 Å². The largest absolute Gasteiger partial charge is 0.417 e. The van der Waals surface area contributed by atoms with Gasteiger partial charge < -0.3 is 15.1 Å². The molecule has 0 unspecified atom stereocenters. The van der Waals surface area contributed by atoms with E-state index in [4.69, 9.17) is 0 Å². The number of carbonyl (C=O) groups is 1. The van der Waals surface area contributed by atoms with E-state index in [1.54, 1.807) is 4.90 Å². The first-order valence-corrected chi connectivity index (χ1v) is 9.70. The molecule has 0 saturated carbocycles. The standard InChI is InChI=1S/C21H25F3N4O/c1-16(7-8-17-5-3-2-4-6-17)26-20(29)28-13-11-27(12-14-28)19-10-9-18(15-25-19)21(22,23)24/h2-6,9-10,15-16H,7-8,11-14H2,1H3,(H,26,29)/t16-/m1/s1. The minimum absolute atomic E-state index is 0.0531. The van der Waals surface area contributed by atoms with E-state index in [-0.39, 0.29) is 12.1 Å². The Morgan fingerprint density at radius 3 is 2.38 bits per heavy atom. The van der Waals surface area contributed by atoms with Crippen molar-refractivity contribution < 1.29 is 18.0 Å². The number of piperazine rings is 1. The van der Waals surface area contributed by atoms with Crippen LogP contribution in [-0.4, -0.2) is 48.1 Å². The SMILES string of the molecule is C[C@H](CCc1ccccc1)NC(=O)N1CCN(c2ccc(C(F)(F)F)cn2)CC1. The van der Waals surface area contributed by atoms with E-state index in [9.17, 15) is 18.0 Å². The molecule has 5 nitrogen and oxygen atoms in total. The van der Waals surface area contributed by atoms with Gasteiger partial charge in [-0.15, -0.1) is 0 Å². The van der Waals surface area contributed by atoms with Gasteiger partial charge in [0.05, 0.1) is 5.56 Å². The molecule has 3 rings (SSSR count). The lowest BCUT2D eigenvalue weighted by molar-refractivity contribution is -0.137. The normalized spacial score (nSPS) is 15.9. The minimum atomic E-state index is -4.39. The summed E-state index contributed by atoms with van der Waals surface area (Å²) in [4.78, 5) is 20.0. The molecule has 0 bridgehead atoms. The average molecular weight is 406 g/mol. The molecule has 0 aliphatic carbocycles. The number of aromatic nitrogens is 1. The third kappa shape index (κ3) is 5.85. The van der Waals surface area contributed by atoms with Gasteiger partial charge in [-0.1, -0.05) is 30.3 Å². The number of halogens is 3. The molecule has 0 spiro atoms. The second-order valence-corrected chi connectivity index (χ2v) is 7.25. The van der Waals surface area contributed by atoms with E-state index >= 15 is 0 Å². The summed E-state index contributed by atoms with van der Waals surface area (Å²) in [5.74, 6) is 0.495. The van der Waals surface area contributed by atoms with Crippen molar-refractivity contribution in [3.63, 3.8) is 0 Å². The number of aryl methyl sites for hydroxylation is 1. The summed E-state index contributed by atoms with van der Waals surface area (Å²) in [6.45, 7) is 4.05. The maximum Gasteiger partial charge on any atom is 0.417 e. The summed E-state index contributed by atoms with van der Waals surface area (Å²) in [5, 5.41) is 3.03. The summed E-state index contributed by atoms with van der Waals surface area (Å²) in [7, 11) is 0. The zero-order valence-corrected chi connectivity index (χ0v) is 16.3. The van der Waals surface area contributed by atoms with E-state index in [0.717, 1.165) is 25.1 Å². The molecule has 29 heavy (non-hydrogen) atoms. The van der Waals surface area contributed by atoms with Gasteiger partial charge in [0, 0.05) is 38.4 Å². The summed E-state index contributed by atoms with van der Waals surface area (Å²) < 4.78 is 38.0. The number of carbonyl (C=O) groups excluding carboxylic acids is 1. The smallest absolute Gasteiger partial charge is 0.353 e. The Hall–Kier alpha value is -2.77. The van der Waals surface area contributed by atoms with Crippen molar-refractivity contribution in [2.45, 2.75) is 32.0 Å². The number of hydrogen-bond donors (Lipinski definition) is 1. The zero-order valence-electron chi connectivity index (χ0n) is 16.3. The van der Waals surface area contributed by atoms with Crippen molar-refractivity contribution in [1.82, 2.24) is 15.2 Å². The molecule has 156 valence electrons. The predicted molar refractivity (Wildman–Crippen MR) is 106 cm³/mol. The number of pyridine rings is 1. The van der Waals surface area contributed by atoms with Crippen molar-refractivity contribution in [2.75, 3.05) is 31.1 Å². The number of anilines is 1. The highest BCUT2D eigenvalue weighted by Crippen LogP contribution is 2.29. The molecule has 1 atom stereocenters. The van der Waals surface area contributed by atoms with Crippen LogP contribution in [0.25, 0.3) is 0 Å². The van der Waals surface area contributed by atoms with Crippen LogP contribution in [0.1, 0.15) is 24.5 Å². The van der Waals surface area contributed by atoms with Gasteiger partial charge >= 0.3 is 12.2 Å². The first kappa shape index (κ1) is 21.0. The highest BCUT2D eigenvalue weighted by Gasteiger charge is 2.31. The van der Waals surface area contributed by atoms with Crippen molar-refractivity contribution in [3.05, 3.63) is 59.8 Å². The Morgan fingerprint density at radius 2 is 1.79 bits per heavy atom. The molecule has 2 heterocycles. The number of rotatable bonds is 5. The van der Waals surface area contributed by atoms with E-state index < -0.39 is 11.7 Å². The molecule has 1 fully saturated rings. The third-order valence-corrected chi connectivity index (χ3v) is 5.04. The van der Waals surface area contributed by atoms with Gasteiger partial charge in [-0.05, 0) is 37.5 Å². The Labute approximate surface area is 168 Å². The molecule has 1 N–H and O–H groups in total. The van der Waals surface area contributed by atoms with Gasteiger partial charge in [0.25, 0.3) is 0 Å². The average Bonchev–Trinajstić information content (AvgIpc) is 2.72. The second-order valence-electron chi connectivity index (χ2n) is 7.25. The van der Waals surface area contributed by atoms with E-state index in [2.05, 4.69) is 22.4 Å². The molecule has 1 aliphatic rings. The minimum Gasteiger partial charge on any atom is -0.353 e. The summed E-state index contributed by atoms with van der Waals surface area (Å²) in [5.41, 5.74) is 0.481. The summed E-state index contributed by atoms with van der Waals surface area (Å²) in [6.07, 6.45) is -1.79. The maximum atomic E-state index is 12.7. The van der Waals surface area contributed by atoms with Crippen LogP contribution >= 0.6 is 0 Å². The van der Waals surface area contributed by atoms with Crippen molar-refractivity contribution in [3.8, 4) is 0 Å². The molecule has 1 aromatic carbocycles. The summed E-state index contributed by atoms with van der Waals surface area (Å²) in [6, 6.07) is 12.5. The lowest BCUT2D eigenvalue weighted by Gasteiger charge is -2.36. The molecular formula is C21H25F3N4O. The number of benzene rings is 1. The lowest BCUT2D eigenvalue weighted by Crippen LogP contribution is -2.53. The quantitative estimate of drug-likeness (QED) is 0.818. The number of amides is 2. The number of urea groups is 1. The molecule has 8 heteroatoms. The second kappa shape index (κ2) is 9.15. The Kier molecular flexibility index (Phi) is 6.61. The van der Waals surface area contributed by atoms with Crippen LogP contribution in [0.3, 0.4) is 0 Å².